The van der Waals surface area contributed by atoms with Crippen molar-refractivity contribution in [1.29, 1.82) is 0 Å². The molecule has 0 spiro atoms. The summed E-state index contributed by atoms with van der Waals surface area (Å²) in [5, 5.41) is 0. The molecule has 0 bridgehead atoms. The first-order valence-electron chi connectivity index (χ1n) is 11.4. The van der Waals surface area contributed by atoms with E-state index in [0.29, 0.717) is 24.0 Å². The molecule has 4 rings (SSSR count). The maximum atomic E-state index is 6.49. The van der Waals surface area contributed by atoms with Crippen LogP contribution in [0.4, 0.5) is 0 Å². The molecule has 0 unspecified atom stereocenters. The van der Waals surface area contributed by atoms with Crippen molar-refractivity contribution < 1.29 is 4.74 Å². The predicted octanol–water partition coefficient (Wildman–Crippen LogP) is 4.88. The smallest absolute Gasteiger partial charge is 0.0575 e. The van der Waals surface area contributed by atoms with E-state index in [1.807, 2.05) is 12.3 Å². The van der Waals surface area contributed by atoms with Gasteiger partial charge in [0.1, 0.15) is 0 Å². The Morgan fingerprint density at radius 3 is 2.57 bits per heavy atom. The van der Waals surface area contributed by atoms with E-state index in [9.17, 15) is 0 Å². The van der Waals surface area contributed by atoms with Gasteiger partial charge in [-0.1, -0.05) is 48.3 Å². The van der Waals surface area contributed by atoms with Crippen LogP contribution in [0.15, 0.2) is 54.7 Å². The summed E-state index contributed by atoms with van der Waals surface area (Å²) in [4.78, 5) is 7.05. The first kappa shape index (κ1) is 21.8. The summed E-state index contributed by atoms with van der Waals surface area (Å²) < 4.78 is 10.1. The van der Waals surface area contributed by atoms with E-state index in [2.05, 4.69) is 63.3 Å². The van der Waals surface area contributed by atoms with Gasteiger partial charge in [0, 0.05) is 37.8 Å². The van der Waals surface area contributed by atoms with Crippen LogP contribution in [0.2, 0.25) is 0 Å². The van der Waals surface area contributed by atoms with E-state index in [0.717, 1.165) is 31.9 Å². The topological polar surface area (TPSA) is 37.4 Å². The lowest BCUT2D eigenvalue weighted by molar-refractivity contribution is -0.0177. The number of ether oxygens (including phenoxy) is 1. The van der Waals surface area contributed by atoms with Crippen LogP contribution in [0.25, 0.3) is 0 Å². The Labute approximate surface area is 185 Å². The van der Waals surface area contributed by atoms with Crippen LogP contribution in [0.1, 0.15) is 49.3 Å². The summed E-state index contributed by atoms with van der Waals surface area (Å²) in [6, 6.07) is 17.7. The van der Waals surface area contributed by atoms with E-state index >= 15 is 0 Å². The van der Waals surface area contributed by atoms with Crippen molar-refractivity contribution >= 4 is 11.9 Å². The van der Waals surface area contributed by atoms with Crippen LogP contribution in [0, 0.1) is 5.92 Å². The summed E-state index contributed by atoms with van der Waals surface area (Å²) in [5.74, 6) is 1.24. The van der Waals surface area contributed by atoms with Gasteiger partial charge in [-0.25, -0.2) is 0 Å². The van der Waals surface area contributed by atoms with Gasteiger partial charge in [0.15, 0.2) is 0 Å². The second-order valence-corrected chi connectivity index (χ2v) is 9.40. The molecule has 2 aliphatic rings. The largest absolute Gasteiger partial charge is 0.378 e. The molecule has 0 radical (unpaired) electrons. The van der Waals surface area contributed by atoms with Gasteiger partial charge in [0.2, 0.25) is 0 Å². The molecule has 162 valence electrons. The summed E-state index contributed by atoms with van der Waals surface area (Å²) in [7, 11) is 0. The number of rotatable bonds is 8. The zero-order chi connectivity index (χ0) is 20.6. The summed E-state index contributed by atoms with van der Waals surface area (Å²) in [5.41, 5.74) is 2.66. The highest BCUT2D eigenvalue weighted by atomic mass is 32.2. The number of piperidine rings is 1. The zero-order valence-corrected chi connectivity index (χ0v) is 18.9. The number of nitrogens with one attached hydrogen (secondary N) is 1. The molecule has 0 amide bonds. The Kier molecular flexibility index (Phi) is 8.21. The lowest BCUT2D eigenvalue weighted by Crippen LogP contribution is -2.49. The molecule has 2 aromatic rings. The molecule has 1 N–H and O–H groups in total. The Hall–Kier alpha value is -1.40. The standard InChI is InChI=1S/C25H35N3OS/c1-30-27-25-14-16-28(18-23-9-5-6-15-26-23)17-22(25)19-29-24-12-10-21(11-13-24)20-7-3-2-4-8-20/h2-9,15,21-22,24-25,27H,10-14,16-19H2,1H3/t21?,22-,24?,25-/m0/s1. The summed E-state index contributed by atoms with van der Waals surface area (Å²) in [6.45, 7) is 3.99. The maximum Gasteiger partial charge on any atom is 0.0575 e. The van der Waals surface area contributed by atoms with Gasteiger partial charge in [0.05, 0.1) is 18.4 Å². The minimum Gasteiger partial charge on any atom is -0.378 e. The molecule has 4 nitrogen and oxygen atoms in total. The van der Waals surface area contributed by atoms with Crippen LogP contribution in [-0.2, 0) is 11.3 Å². The third-order valence-corrected chi connectivity index (χ3v) is 7.23. The highest BCUT2D eigenvalue weighted by molar-refractivity contribution is 7.96. The lowest BCUT2D eigenvalue weighted by Gasteiger charge is -2.39. The van der Waals surface area contributed by atoms with Gasteiger partial charge < -0.3 is 4.74 Å². The van der Waals surface area contributed by atoms with Crippen molar-refractivity contribution in [3.8, 4) is 0 Å². The molecule has 1 aliphatic heterocycles. The number of likely N-dealkylation sites (tertiary alicyclic amines) is 1. The van der Waals surface area contributed by atoms with Crippen LogP contribution in [0.5, 0.6) is 0 Å². The molecule has 1 aliphatic carbocycles. The second-order valence-electron chi connectivity index (χ2n) is 8.75. The third kappa shape index (κ3) is 6.07. The number of benzene rings is 1. The lowest BCUT2D eigenvalue weighted by atomic mass is 9.82. The van der Waals surface area contributed by atoms with Gasteiger partial charge in [-0.05, 0) is 62.0 Å². The van der Waals surface area contributed by atoms with Crippen LogP contribution >= 0.6 is 11.9 Å². The minimum absolute atomic E-state index is 0.422. The van der Waals surface area contributed by atoms with E-state index in [1.165, 1.54) is 37.7 Å². The molecule has 1 saturated carbocycles. The van der Waals surface area contributed by atoms with Crippen LogP contribution in [-0.4, -0.2) is 48.0 Å². The highest BCUT2D eigenvalue weighted by Gasteiger charge is 2.31. The van der Waals surface area contributed by atoms with Gasteiger partial charge >= 0.3 is 0 Å². The van der Waals surface area contributed by atoms with Crippen molar-refractivity contribution in [3.63, 3.8) is 0 Å². The first-order valence-corrected chi connectivity index (χ1v) is 12.6. The number of pyridine rings is 1. The van der Waals surface area contributed by atoms with E-state index < -0.39 is 0 Å². The van der Waals surface area contributed by atoms with Crippen LogP contribution < -0.4 is 4.72 Å². The SMILES string of the molecule is CSN[C@H]1CCN(Cc2ccccn2)C[C@H]1COC1CCC(c2ccccc2)CC1. The van der Waals surface area contributed by atoms with Crippen LogP contribution in [0.3, 0.4) is 0 Å². The summed E-state index contributed by atoms with van der Waals surface area (Å²) >= 11 is 1.74. The number of hydrogen-bond acceptors (Lipinski definition) is 5. The quantitative estimate of drug-likeness (QED) is 0.610. The van der Waals surface area contributed by atoms with E-state index in [1.54, 1.807) is 11.9 Å². The molecule has 2 atom stereocenters. The Bertz CT molecular complexity index is 737. The van der Waals surface area contributed by atoms with Gasteiger partial charge in [-0.2, -0.15) is 0 Å². The maximum absolute atomic E-state index is 6.49. The normalized spacial score (nSPS) is 27.8. The molecule has 2 heterocycles. The van der Waals surface area contributed by atoms with E-state index in [4.69, 9.17) is 4.74 Å². The first-order chi connectivity index (χ1) is 14.8. The summed E-state index contributed by atoms with van der Waals surface area (Å²) in [6.07, 6.45) is 10.5. The van der Waals surface area contributed by atoms with Crippen molar-refractivity contribution in [3.05, 3.63) is 66.0 Å². The fourth-order valence-electron chi connectivity index (χ4n) is 4.99. The number of hydrogen-bond donors (Lipinski definition) is 1. The van der Waals surface area contributed by atoms with Crippen molar-refractivity contribution in [1.82, 2.24) is 14.6 Å². The van der Waals surface area contributed by atoms with E-state index in [-0.39, 0.29) is 0 Å². The average molecular weight is 426 g/mol. The second kappa shape index (κ2) is 11.3. The van der Waals surface area contributed by atoms with Crippen molar-refractivity contribution in [2.75, 3.05) is 26.0 Å². The molecule has 2 fully saturated rings. The number of nitrogens with zero attached hydrogens (tertiary/aromatic N) is 2. The molecular formula is C25H35N3OS. The highest BCUT2D eigenvalue weighted by Crippen LogP contribution is 2.34. The molecule has 1 aromatic carbocycles. The molecule has 1 aromatic heterocycles. The fraction of sp³-hybridized carbons (Fsp3) is 0.560. The molecule has 30 heavy (non-hydrogen) atoms. The number of aromatic nitrogens is 1. The fourth-order valence-corrected chi connectivity index (χ4v) is 5.61. The van der Waals surface area contributed by atoms with Gasteiger partial charge in [-0.15, -0.1) is 0 Å². The van der Waals surface area contributed by atoms with Gasteiger partial charge in [0.25, 0.3) is 0 Å². The molecular weight excluding hydrogens is 390 g/mol. The monoisotopic (exact) mass is 425 g/mol. The van der Waals surface area contributed by atoms with Crippen molar-refractivity contribution in [2.45, 2.75) is 56.7 Å². The zero-order valence-electron chi connectivity index (χ0n) is 18.1. The minimum atomic E-state index is 0.422. The Balaban J connectivity index is 1.27. The van der Waals surface area contributed by atoms with Gasteiger partial charge in [-0.3, -0.25) is 14.6 Å². The molecule has 1 saturated heterocycles. The predicted molar refractivity (Wildman–Crippen MR) is 125 cm³/mol. The van der Waals surface area contributed by atoms with Crippen molar-refractivity contribution in [2.24, 2.45) is 5.92 Å². The average Bonchev–Trinajstić information content (AvgIpc) is 2.81. The molecule has 5 heteroatoms. The third-order valence-electron chi connectivity index (χ3n) is 6.69. The Morgan fingerprint density at radius 1 is 1.03 bits per heavy atom. The Morgan fingerprint density at radius 2 is 1.83 bits per heavy atom.